The summed E-state index contributed by atoms with van der Waals surface area (Å²) in [6.07, 6.45) is 1.89. The molecule has 0 aliphatic carbocycles. The van der Waals surface area contributed by atoms with E-state index in [1.54, 1.807) is 0 Å². The molecule has 0 fully saturated rings. The van der Waals surface area contributed by atoms with Gasteiger partial charge in [-0.05, 0) is 59.2 Å². The third kappa shape index (κ3) is 4.23. The van der Waals surface area contributed by atoms with Crippen molar-refractivity contribution < 1.29 is 0 Å². The lowest BCUT2D eigenvalue weighted by Crippen LogP contribution is -2.11. The Morgan fingerprint density at radius 2 is 1.21 bits per heavy atom. The number of benzene rings is 6. The van der Waals surface area contributed by atoms with Gasteiger partial charge in [0, 0.05) is 48.7 Å². The predicted molar refractivity (Wildman–Crippen MR) is 180 cm³/mol. The molecule has 0 saturated heterocycles. The maximum atomic E-state index is 4.75. The molecule has 0 bridgehead atoms. The average Bonchev–Trinajstić information content (AvgIpc) is 3.45. The zero-order chi connectivity index (χ0) is 27.9. The molecule has 198 valence electrons. The molecule has 0 atom stereocenters. The van der Waals surface area contributed by atoms with E-state index in [0.29, 0.717) is 0 Å². The van der Waals surface area contributed by atoms with Crippen LogP contribution in [-0.2, 0) is 0 Å². The van der Waals surface area contributed by atoms with Crippen molar-refractivity contribution in [3.8, 4) is 22.3 Å². The molecule has 8 rings (SSSR count). The summed E-state index contributed by atoms with van der Waals surface area (Å²) in [4.78, 5) is 7.13. The third-order valence-corrected chi connectivity index (χ3v) is 9.03. The number of anilines is 3. The second-order valence-corrected chi connectivity index (χ2v) is 11.5. The monoisotopic (exact) mass is 554 g/mol. The van der Waals surface area contributed by atoms with Crippen LogP contribution >= 0.6 is 11.3 Å². The van der Waals surface area contributed by atoms with Crippen molar-refractivity contribution in [2.24, 2.45) is 0 Å². The molecule has 0 aliphatic rings. The van der Waals surface area contributed by atoms with Crippen molar-refractivity contribution in [1.29, 1.82) is 0 Å². The Balaban J connectivity index is 1.29. The van der Waals surface area contributed by atoms with E-state index in [2.05, 4.69) is 150 Å². The number of nitrogens with zero attached hydrogens (tertiary/aromatic N) is 2. The quantitative estimate of drug-likeness (QED) is 0.210. The molecule has 0 amide bonds. The van der Waals surface area contributed by atoms with Gasteiger partial charge in [0.25, 0.3) is 0 Å². The van der Waals surface area contributed by atoms with Crippen LogP contribution in [0.25, 0.3) is 53.3 Å². The van der Waals surface area contributed by atoms with Crippen LogP contribution in [0.4, 0.5) is 17.1 Å². The highest BCUT2D eigenvalue weighted by atomic mass is 32.1. The number of thiophene rings is 1. The smallest absolute Gasteiger partial charge is 0.0795 e. The fraction of sp³-hybridized carbons (Fsp3) is 0. The summed E-state index contributed by atoms with van der Waals surface area (Å²) in [6.45, 7) is 0. The molecule has 6 aromatic carbocycles. The van der Waals surface area contributed by atoms with E-state index < -0.39 is 0 Å². The first-order valence-corrected chi connectivity index (χ1v) is 15.0. The van der Waals surface area contributed by atoms with Crippen molar-refractivity contribution in [3.05, 3.63) is 158 Å². The molecule has 42 heavy (non-hydrogen) atoms. The van der Waals surface area contributed by atoms with Gasteiger partial charge in [-0.25, -0.2) is 0 Å². The predicted octanol–water partition coefficient (Wildman–Crippen LogP) is 11.4. The largest absolute Gasteiger partial charge is 0.310 e. The van der Waals surface area contributed by atoms with E-state index >= 15 is 0 Å². The van der Waals surface area contributed by atoms with Gasteiger partial charge >= 0.3 is 0 Å². The second-order valence-electron chi connectivity index (χ2n) is 10.4. The molecular weight excluding hydrogens is 529 g/mol. The summed E-state index contributed by atoms with van der Waals surface area (Å²) in [6, 6.07) is 54.2. The zero-order valence-corrected chi connectivity index (χ0v) is 23.6. The van der Waals surface area contributed by atoms with Crippen molar-refractivity contribution in [2.45, 2.75) is 0 Å². The van der Waals surface area contributed by atoms with E-state index in [0.717, 1.165) is 22.6 Å². The number of aromatic nitrogens is 1. The summed E-state index contributed by atoms with van der Waals surface area (Å²) < 4.78 is 2.52. The van der Waals surface area contributed by atoms with Crippen LogP contribution in [0, 0.1) is 0 Å². The van der Waals surface area contributed by atoms with E-state index in [9.17, 15) is 0 Å². The van der Waals surface area contributed by atoms with E-state index in [-0.39, 0.29) is 0 Å². The van der Waals surface area contributed by atoms with Gasteiger partial charge in [-0.1, -0.05) is 109 Å². The van der Waals surface area contributed by atoms with Crippen LogP contribution in [-0.4, -0.2) is 4.98 Å². The van der Waals surface area contributed by atoms with Gasteiger partial charge < -0.3 is 4.90 Å². The van der Waals surface area contributed by atoms with Gasteiger partial charge in [-0.2, -0.15) is 0 Å². The second kappa shape index (κ2) is 10.3. The molecule has 3 heteroatoms. The fourth-order valence-electron chi connectivity index (χ4n) is 5.92. The van der Waals surface area contributed by atoms with Crippen molar-refractivity contribution in [2.75, 3.05) is 4.90 Å². The van der Waals surface area contributed by atoms with Gasteiger partial charge in [-0.15, -0.1) is 11.3 Å². The summed E-state index contributed by atoms with van der Waals surface area (Å²) in [7, 11) is 0. The number of hydrogen-bond acceptors (Lipinski definition) is 3. The zero-order valence-electron chi connectivity index (χ0n) is 22.8. The van der Waals surface area contributed by atoms with Crippen LogP contribution in [0.3, 0.4) is 0 Å². The molecule has 0 aliphatic heterocycles. The lowest BCUT2D eigenvalue weighted by molar-refractivity contribution is 1.29. The normalized spacial score (nSPS) is 11.3. The molecule has 0 radical (unpaired) electrons. The van der Waals surface area contributed by atoms with Crippen LogP contribution in [0.15, 0.2) is 158 Å². The van der Waals surface area contributed by atoms with Gasteiger partial charge in [-0.3, -0.25) is 4.98 Å². The Bertz CT molecular complexity index is 2180. The van der Waals surface area contributed by atoms with Crippen LogP contribution < -0.4 is 4.90 Å². The first-order valence-electron chi connectivity index (χ1n) is 14.1. The van der Waals surface area contributed by atoms with Crippen LogP contribution in [0.5, 0.6) is 0 Å². The Morgan fingerprint density at radius 3 is 2.05 bits per heavy atom. The molecule has 0 unspecified atom stereocenters. The fourth-order valence-corrected chi connectivity index (χ4v) is 7.06. The maximum Gasteiger partial charge on any atom is 0.0795 e. The average molecular weight is 555 g/mol. The minimum Gasteiger partial charge on any atom is -0.310 e. The molecule has 8 aromatic rings. The topological polar surface area (TPSA) is 16.1 Å². The maximum absolute atomic E-state index is 4.75. The molecule has 2 nitrogen and oxygen atoms in total. The molecule has 0 saturated carbocycles. The highest BCUT2D eigenvalue weighted by molar-refractivity contribution is 7.26. The molecular formula is C39H26N2S. The SMILES string of the molecule is c1ccc(-c2ccc(-c3ccccc3N(c3ccccc3)c3ccc4c(c3)sc3ccc5cccnc5c34)cc2)cc1. The first kappa shape index (κ1) is 24.5. The van der Waals surface area contributed by atoms with Crippen LogP contribution in [0.1, 0.15) is 0 Å². The van der Waals surface area contributed by atoms with Gasteiger partial charge in [0.1, 0.15) is 0 Å². The van der Waals surface area contributed by atoms with E-state index in [4.69, 9.17) is 4.98 Å². The Labute approximate surface area is 248 Å². The molecule has 0 N–H and O–H groups in total. The number of fused-ring (bicyclic) bond motifs is 5. The van der Waals surface area contributed by atoms with E-state index in [1.807, 2.05) is 23.6 Å². The molecule has 0 spiro atoms. The number of pyridine rings is 1. The summed E-state index contributed by atoms with van der Waals surface area (Å²) >= 11 is 1.83. The molecule has 2 aromatic heterocycles. The summed E-state index contributed by atoms with van der Waals surface area (Å²) in [5.41, 5.74) is 9.28. The summed E-state index contributed by atoms with van der Waals surface area (Å²) in [5.74, 6) is 0. The Morgan fingerprint density at radius 1 is 0.500 bits per heavy atom. The minimum atomic E-state index is 1.07. The Hall–Kier alpha value is -5.25. The standard InChI is InChI=1S/C39H26N2S/c1-3-10-27(11-4-1)28-17-19-29(20-18-28)33-15-7-8-16-35(33)41(31-13-5-2-6-14-31)32-22-23-34-37(26-32)42-36-24-21-30-12-9-25-40-39(30)38(34)36/h1-26H. The van der Waals surface area contributed by atoms with Crippen molar-refractivity contribution >= 4 is 59.5 Å². The van der Waals surface area contributed by atoms with Crippen molar-refractivity contribution in [3.63, 3.8) is 0 Å². The number of para-hydroxylation sites is 2. The summed E-state index contributed by atoms with van der Waals surface area (Å²) in [5, 5.41) is 3.66. The molecule has 2 heterocycles. The third-order valence-electron chi connectivity index (χ3n) is 7.91. The highest BCUT2D eigenvalue weighted by Gasteiger charge is 2.19. The van der Waals surface area contributed by atoms with E-state index in [1.165, 1.54) is 47.8 Å². The lowest BCUT2D eigenvalue weighted by Gasteiger charge is -2.28. The highest BCUT2D eigenvalue weighted by Crippen LogP contribution is 2.44. The number of rotatable bonds is 5. The van der Waals surface area contributed by atoms with Crippen LogP contribution in [0.2, 0.25) is 0 Å². The Kier molecular flexibility index (Phi) is 6.02. The number of hydrogen-bond donors (Lipinski definition) is 0. The van der Waals surface area contributed by atoms with Gasteiger partial charge in [0.15, 0.2) is 0 Å². The minimum absolute atomic E-state index is 1.07. The van der Waals surface area contributed by atoms with Gasteiger partial charge in [0.2, 0.25) is 0 Å². The lowest BCUT2D eigenvalue weighted by atomic mass is 9.98. The first-order chi connectivity index (χ1) is 20.8. The van der Waals surface area contributed by atoms with Crippen molar-refractivity contribution in [1.82, 2.24) is 4.98 Å². The van der Waals surface area contributed by atoms with Gasteiger partial charge in [0.05, 0.1) is 11.2 Å².